The van der Waals surface area contributed by atoms with Gasteiger partial charge in [0.15, 0.2) is 0 Å². The first-order valence-corrected chi connectivity index (χ1v) is 8.42. The third kappa shape index (κ3) is 3.65. The molecule has 2 aliphatic heterocycles. The van der Waals surface area contributed by atoms with Gasteiger partial charge in [-0.2, -0.15) is 0 Å². The van der Waals surface area contributed by atoms with Gasteiger partial charge in [0.25, 0.3) is 0 Å². The Morgan fingerprint density at radius 2 is 1.95 bits per heavy atom. The average Bonchev–Trinajstić information content (AvgIpc) is 2.94. The van der Waals surface area contributed by atoms with Gasteiger partial charge in [0.1, 0.15) is 0 Å². The molecule has 0 bridgehead atoms. The van der Waals surface area contributed by atoms with Gasteiger partial charge in [0.05, 0.1) is 0 Å². The predicted molar refractivity (Wildman–Crippen MR) is 88.5 cm³/mol. The number of rotatable bonds is 5. The van der Waals surface area contributed by atoms with Crippen molar-refractivity contribution in [1.29, 1.82) is 0 Å². The molecule has 2 saturated heterocycles. The van der Waals surface area contributed by atoms with E-state index in [1.165, 1.54) is 57.5 Å². The van der Waals surface area contributed by atoms with E-state index in [-0.39, 0.29) is 0 Å². The third-order valence-corrected chi connectivity index (χ3v) is 5.03. The first-order valence-electron chi connectivity index (χ1n) is 8.42. The molecule has 116 valence electrons. The number of fused-ring (bicyclic) bond motifs is 1. The number of hydrogen-bond donors (Lipinski definition) is 0. The fraction of sp³-hybridized carbons (Fsp3) is 0.667. The maximum Gasteiger partial charge on any atom is 0.0475 e. The van der Waals surface area contributed by atoms with Crippen molar-refractivity contribution in [2.45, 2.75) is 31.3 Å². The van der Waals surface area contributed by atoms with Crippen molar-refractivity contribution in [3.63, 3.8) is 0 Å². The predicted octanol–water partition coefficient (Wildman–Crippen LogP) is 2.46. The summed E-state index contributed by atoms with van der Waals surface area (Å²) >= 11 is 0. The average molecular weight is 287 g/mol. The molecule has 3 rings (SSSR count). The Morgan fingerprint density at radius 1 is 1.14 bits per heavy atom. The normalized spacial score (nSPS) is 27.2. The lowest BCUT2D eigenvalue weighted by atomic mass is 9.99. The summed E-state index contributed by atoms with van der Waals surface area (Å²) in [7, 11) is 4.34. The fourth-order valence-corrected chi connectivity index (χ4v) is 3.91. The number of benzene rings is 1. The Labute approximate surface area is 129 Å². The van der Waals surface area contributed by atoms with Crippen LogP contribution >= 0.6 is 0 Å². The minimum atomic E-state index is 0.586. The van der Waals surface area contributed by atoms with Gasteiger partial charge in [-0.15, -0.1) is 0 Å². The zero-order valence-corrected chi connectivity index (χ0v) is 13.5. The Kier molecular flexibility index (Phi) is 4.94. The monoisotopic (exact) mass is 287 g/mol. The van der Waals surface area contributed by atoms with Gasteiger partial charge in [-0.05, 0) is 52.0 Å². The minimum Gasteiger partial charge on any atom is -0.309 e. The molecule has 0 N–H and O–H groups in total. The van der Waals surface area contributed by atoms with E-state index in [4.69, 9.17) is 0 Å². The zero-order valence-electron chi connectivity index (χ0n) is 13.5. The molecule has 0 saturated carbocycles. The molecular formula is C18H29N3. The highest BCUT2D eigenvalue weighted by Crippen LogP contribution is 2.32. The molecule has 3 nitrogen and oxygen atoms in total. The molecule has 21 heavy (non-hydrogen) atoms. The van der Waals surface area contributed by atoms with E-state index in [0.717, 1.165) is 6.04 Å². The lowest BCUT2D eigenvalue weighted by Crippen LogP contribution is -2.52. The molecule has 0 amide bonds. The Balaban J connectivity index is 1.69. The smallest absolute Gasteiger partial charge is 0.0475 e. The van der Waals surface area contributed by atoms with E-state index in [2.05, 4.69) is 59.1 Å². The molecule has 0 aromatic heterocycles. The second-order valence-electron chi connectivity index (χ2n) is 6.87. The van der Waals surface area contributed by atoms with Crippen LogP contribution in [0.2, 0.25) is 0 Å². The summed E-state index contributed by atoms with van der Waals surface area (Å²) in [6.45, 7) is 6.19. The lowest BCUT2D eigenvalue weighted by molar-refractivity contribution is 0.0484. The highest BCUT2D eigenvalue weighted by Gasteiger charge is 2.36. The summed E-state index contributed by atoms with van der Waals surface area (Å²) < 4.78 is 0. The second kappa shape index (κ2) is 6.91. The molecule has 1 aromatic rings. The summed E-state index contributed by atoms with van der Waals surface area (Å²) in [5, 5.41) is 0. The molecular weight excluding hydrogens is 258 g/mol. The summed E-state index contributed by atoms with van der Waals surface area (Å²) in [5.74, 6) is 0. The zero-order chi connectivity index (χ0) is 14.7. The van der Waals surface area contributed by atoms with Crippen LogP contribution in [-0.4, -0.2) is 67.6 Å². The molecule has 2 unspecified atom stereocenters. The SMILES string of the molecule is CN(C)CCCN1CC2CCCN2CC1c1ccccc1. The third-order valence-electron chi connectivity index (χ3n) is 5.03. The molecule has 2 atom stereocenters. The van der Waals surface area contributed by atoms with Crippen LogP contribution in [0.5, 0.6) is 0 Å². The highest BCUT2D eigenvalue weighted by molar-refractivity contribution is 5.20. The first kappa shape index (κ1) is 15.0. The van der Waals surface area contributed by atoms with E-state index >= 15 is 0 Å². The Morgan fingerprint density at radius 3 is 2.71 bits per heavy atom. The highest BCUT2D eigenvalue weighted by atomic mass is 15.3. The topological polar surface area (TPSA) is 9.72 Å². The Bertz CT molecular complexity index is 431. The van der Waals surface area contributed by atoms with Crippen LogP contribution in [-0.2, 0) is 0 Å². The van der Waals surface area contributed by atoms with Gasteiger partial charge in [-0.25, -0.2) is 0 Å². The Hall–Kier alpha value is -0.900. The molecule has 0 radical (unpaired) electrons. The summed E-state index contributed by atoms with van der Waals surface area (Å²) in [5.41, 5.74) is 1.49. The second-order valence-corrected chi connectivity index (χ2v) is 6.87. The summed E-state index contributed by atoms with van der Waals surface area (Å²) in [6, 6.07) is 12.5. The van der Waals surface area contributed by atoms with Gasteiger partial charge in [0, 0.05) is 31.7 Å². The summed E-state index contributed by atoms with van der Waals surface area (Å²) in [6.07, 6.45) is 4.05. The van der Waals surface area contributed by atoms with Crippen molar-refractivity contribution >= 4 is 0 Å². The van der Waals surface area contributed by atoms with Crippen molar-refractivity contribution in [3.8, 4) is 0 Å². The quantitative estimate of drug-likeness (QED) is 0.824. The van der Waals surface area contributed by atoms with Crippen molar-refractivity contribution in [2.75, 3.05) is 46.8 Å². The molecule has 2 aliphatic rings. The van der Waals surface area contributed by atoms with E-state index in [1.54, 1.807) is 0 Å². The molecule has 2 fully saturated rings. The fourth-order valence-electron chi connectivity index (χ4n) is 3.91. The van der Waals surface area contributed by atoms with Gasteiger partial charge in [-0.3, -0.25) is 9.80 Å². The standard InChI is InChI=1S/C18H29N3/c1-19(2)11-7-13-21-14-17-10-6-12-20(17)15-18(21)16-8-4-3-5-9-16/h3-5,8-9,17-18H,6-7,10-15H2,1-2H3. The molecule has 1 aromatic carbocycles. The maximum atomic E-state index is 2.74. The molecule has 3 heteroatoms. The van der Waals surface area contributed by atoms with Gasteiger partial charge >= 0.3 is 0 Å². The van der Waals surface area contributed by atoms with E-state index < -0.39 is 0 Å². The number of nitrogens with zero attached hydrogens (tertiary/aromatic N) is 3. The number of piperazine rings is 1. The van der Waals surface area contributed by atoms with Crippen molar-refractivity contribution < 1.29 is 0 Å². The van der Waals surface area contributed by atoms with E-state index in [1.807, 2.05) is 0 Å². The van der Waals surface area contributed by atoms with Crippen LogP contribution in [0.1, 0.15) is 30.9 Å². The molecule has 0 aliphatic carbocycles. The van der Waals surface area contributed by atoms with Crippen LogP contribution in [0.4, 0.5) is 0 Å². The lowest BCUT2D eigenvalue weighted by Gasteiger charge is -2.44. The number of hydrogen-bond acceptors (Lipinski definition) is 3. The van der Waals surface area contributed by atoms with Crippen molar-refractivity contribution in [3.05, 3.63) is 35.9 Å². The maximum absolute atomic E-state index is 2.74. The molecule has 0 spiro atoms. The summed E-state index contributed by atoms with van der Waals surface area (Å²) in [4.78, 5) is 7.76. The largest absolute Gasteiger partial charge is 0.309 e. The van der Waals surface area contributed by atoms with E-state index in [9.17, 15) is 0 Å². The minimum absolute atomic E-state index is 0.586. The van der Waals surface area contributed by atoms with Gasteiger partial charge in [0.2, 0.25) is 0 Å². The van der Waals surface area contributed by atoms with Crippen LogP contribution in [0.25, 0.3) is 0 Å². The van der Waals surface area contributed by atoms with Crippen LogP contribution in [0.3, 0.4) is 0 Å². The van der Waals surface area contributed by atoms with Crippen LogP contribution < -0.4 is 0 Å². The van der Waals surface area contributed by atoms with Gasteiger partial charge in [-0.1, -0.05) is 30.3 Å². The van der Waals surface area contributed by atoms with Crippen LogP contribution in [0, 0.1) is 0 Å². The van der Waals surface area contributed by atoms with Gasteiger partial charge < -0.3 is 4.90 Å². The van der Waals surface area contributed by atoms with Crippen molar-refractivity contribution in [2.24, 2.45) is 0 Å². The van der Waals surface area contributed by atoms with E-state index in [0.29, 0.717) is 6.04 Å². The van der Waals surface area contributed by atoms with Crippen LogP contribution in [0.15, 0.2) is 30.3 Å². The first-order chi connectivity index (χ1) is 10.2. The van der Waals surface area contributed by atoms with Crippen molar-refractivity contribution in [1.82, 2.24) is 14.7 Å². The molecule has 2 heterocycles.